The van der Waals surface area contributed by atoms with Gasteiger partial charge in [0.25, 0.3) is 0 Å². The number of hydrogen-bond acceptors (Lipinski definition) is 1. The Morgan fingerprint density at radius 1 is 1.41 bits per heavy atom. The predicted molar refractivity (Wildman–Crippen MR) is 71.0 cm³/mol. The van der Waals surface area contributed by atoms with Crippen LogP contribution in [0.2, 0.25) is 0 Å². The van der Waals surface area contributed by atoms with Crippen molar-refractivity contribution in [1.29, 1.82) is 0 Å². The largest absolute Gasteiger partial charge is 0.481 e. The van der Waals surface area contributed by atoms with Crippen LogP contribution in [0, 0.1) is 19.8 Å². The molecule has 0 spiro atoms. The van der Waals surface area contributed by atoms with Crippen molar-refractivity contribution < 1.29 is 9.90 Å². The molecule has 0 fully saturated rings. The van der Waals surface area contributed by atoms with Gasteiger partial charge < -0.3 is 5.11 Å². The van der Waals surface area contributed by atoms with Crippen LogP contribution in [-0.2, 0) is 4.79 Å². The van der Waals surface area contributed by atoms with E-state index in [0.29, 0.717) is 6.42 Å². The highest BCUT2D eigenvalue weighted by molar-refractivity contribution is 5.69. The van der Waals surface area contributed by atoms with E-state index in [1.807, 2.05) is 0 Å². The maximum absolute atomic E-state index is 10.6. The Balaban J connectivity index is 2.51. The molecule has 1 unspecified atom stereocenters. The van der Waals surface area contributed by atoms with Gasteiger partial charge in [-0.1, -0.05) is 42.8 Å². The Bertz CT molecular complexity index is 419. The normalized spacial score (nSPS) is 12.9. The molecule has 0 aromatic heterocycles. The molecular weight excluding hydrogens is 212 g/mol. The molecule has 0 aliphatic carbocycles. The van der Waals surface area contributed by atoms with Gasteiger partial charge in [-0.05, 0) is 37.8 Å². The SMILES string of the molecule is Cc1ccc(/C=C/CCC(C)C(=O)O)c(C)c1. The van der Waals surface area contributed by atoms with E-state index in [0.717, 1.165) is 6.42 Å². The van der Waals surface area contributed by atoms with Crippen molar-refractivity contribution in [2.24, 2.45) is 5.92 Å². The Morgan fingerprint density at radius 2 is 2.12 bits per heavy atom. The number of hydrogen-bond donors (Lipinski definition) is 1. The summed E-state index contributed by atoms with van der Waals surface area (Å²) in [4.78, 5) is 10.6. The van der Waals surface area contributed by atoms with Crippen LogP contribution in [0.1, 0.15) is 36.5 Å². The molecule has 0 saturated carbocycles. The van der Waals surface area contributed by atoms with Gasteiger partial charge in [0.2, 0.25) is 0 Å². The molecule has 2 heteroatoms. The molecule has 17 heavy (non-hydrogen) atoms. The van der Waals surface area contributed by atoms with E-state index in [-0.39, 0.29) is 5.92 Å². The Labute approximate surface area is 103 Å². The lowest BCUT2D eigenvalue weighted by Crippen LogP contribution is -2.08. The second kappa shape index (κ2) is 6.24. The number of carboxylic acids is 1. The number of rotatable bonds is 5. The number of carboxylic acid groups (broad SMARTS) is 1. The highest BCUT2D eigenvalue weighted by atomic mass is 16.4. The summed E-state index contributed by atoms with van der Waals surface area (Å²) in [6, 6.07) is 6.34. The molecule has 0 aliphatic rings. The first-order chi connectivity index (χ1) is 8.00. The van der Waals surface area contributed by atoms with Gasteiger partial charge in [-0.25, -0.2) is 0 Å². The lowest BCUT2D eigenvalue weighted by atomic mass is 10.0. The fraction of sp³-hybridized carbons (Fsp3) is 0.400. The molecule has 0 saturated heterocycles. The molecule has 0 aliphatic heterocycles. The zero-order valence-electron chi connectivity index (χ0n) is 10.7. The molecule has 1 N–H and O–H groups in total. The average Bonchev–Trinajstić information content (AvgIpc) is 2.26. The van der Waals surface area contributed by atoms with Crippen molar-refractivity contribution in [2.75, 3.05) is 0 Å². The Kier molecular flexibility index (Phi) is 4.95. The third kappa shape index (κ3) is 4.43. The smallest absolute Gasteiger partial charge is 0.306 e. The van der Waals surface area contributed by atoms with Crippen molar-refractivity contribution in [3.8, 4) is 0 Å². The molecule has 0 radical (unpaired) electrons. The van der Waals surface area contributed by atoms with Crippen LogP contribution in [0.5, 0.6) is 0 Å². The zero-order valence-corrected chi connectivity index (χ0v) is 10.7. The van der Waals surface area contributed by atoms with E-state index in [9.17, 15) is 4.79 Å². The standard InChI is InChI=1S/C15H20O2/c1-11-8-9-14(13(3)10-11)7-5-4-6-12(2)15(16)17/h5,7-10,12H,4,6H2,1-3H3,(H,16,17)/b7-5+. The van der Waals surface area contributed by atoms with E-state index >= 15 is 0 Å². The summed E-state index contributed by atoms with van der Waals surface area (Å²) in [5.74, 6) is -0.983. The number of aryl methyl sites for hydroxylation is 2. The minimum Gasteiger partial charge on any atom is -0.481 e. The molecule has 2 nitrogen and oxygen atoms in total. The first kappa shape index (κ1) is 13.5. The zero-order chi connectivity index (χ0) is 12.8. The van der Waals surface area contributed by atoms with Crippen molar-refractivity contribution in [2.45, 2.75) is 33.6 Å². The van der Waals surface area contributed by atoms with Crippen LogP contribution in [0.25, 0.3) is 6.08 Å². The maximum Gasteiger partial charge on any atom is 0.306 e. The molecule has 0 bridgehead atoms. The molecule has 92 valence electrons. The van der Waals surface area contributed by atoms with Crippen LogP contribution in [0.3, 0.4) is 0 Å². The molecule has 0 heterocycles. The van der Waals surface area contributed by atoms with E-state index in [1.54, 1.807) is 6.92 Å². The summed E-state index contributed by atoms with van der Waals surface area (Å²) < 4.78 is 0. The molecule has 1 atom stereocenters. The summed E-state index contributed by atoms with van der Waals surface area (Å²) in [6.45, 7) is 5.91. The summed E-state index contributed by atoms with van der Waals surface area (Å²) in [6.07, 6.45) is 5.62. The minimum absolute atomic E-state index is 0.265. The Hall–Kier alpha value is -1.57. The number of carbonyl (C=O) groups is 1. The van der Waals surface area contributed by atoms with E-state index < -0.39 is 5.97 Å². The third-order valence-electron chi connectivity index (χ3n) is 2.91. The Morgan fingerprint density at radius 3 is 2.71 bits per heavy atom. The maximum atomic E-state index is 10.6. The molecule has 0 amide bonds. The summed E-state index contributed by atoms with van der Waals surface area (Å²) >= 11 is 0. The van der Waals surface area contributed by atoms with Gasteiger partial charge in [0, 0.05) is 0 Å². The van der Waals surface area contributed by atoms with Crippen LogP contribution in [0.15, 0.2) is 24.3 Å². The van der Waals surface area contributed by atoms with E-state index in [2.05, 4.69) is 44.2 Å². The van der Waals surface area contributed by atoms with Crippen molar-refractivity contribution in [3.63, 3.8) is 0 Å². The second-order valence-corrected chi connectivity index (χ2v) is 4.58. The van der Waals surface area contributed by atoms with Crippen molar-refractivity contribution in [1.82, 2.24) is 0 Å². The molecule has 1 rings (SSSR count). The molecule has 1 aromatic carbocycles. The number of benzene rings is 1. The summed E-state index contributed by atoms with van der Waals surface area (Å²) in [7, 11) is 0. The lowest BCUT2D eigenvalue weighted by molar-refractivity contribution is -0.141. The molecular formula is C15H20O2. The topological polar surface area (TPSA) is 37.3 Å². The monoisotopic (exact) mass is 232 g/mol. The van der Waals surface area contributed by atoms with Gasteiger partial charge in [-0.2, -0.15) is 0 Å². The van der Waals surface area contributed by atoms with Gasteiger partial charge in [0.05, 0.1) is 5.92 Å². The van der Waals surface area contributed by atoms with Crippen LogP contribution < -0.4 is 0 Å². The summed E-state index contributed by atoms with van der Waals surface area (Å²) in [5, 5.41) is 8.75. The predicted octanol–water partition coefficient (Wildman–Crippen LogP) is 3.82. The van der Waals surface area contributed by atoms with Crippen LogP contribution in [-0.4, -0.2) is 11.1 Å². The van der Waals surface area contributed by atoms with Crippen molar-refractivity contribution >= 4 is 12.0 Å². The van der Waals surface area contributed by atoms with Crippen LogP contribution >= 0.6 is 0 Å². The van der Waals surface area contributed by atoms with Gasteiger partial charge in [0.1, 0.15) is 0 Å². The first-order valence-corrected chi connectivity index (χ1v) is 5.97. The van der Waals surface area contributed by atoms with Gasteiger partial charge in [-0.15, -0.1) is 0 Å². The lowest BCUT2D eigenvalue weighted by Gasteiger charge is -2.03. The van der Waals surface area contributed by atoms with Gasteiger partial charge in [-0.3, -0.25) is 4.79 Å². The van der Waals surface area contributed by atoms with Crippen LogP contribution in [0.4, 0.5) is 0 Å². The highest BCUT2D eigenvalue weighted by Gasteiger charge is 2.08. The third-order valence-corrected chi connectivity index (χ3v) is 2.91. The van der Waals surface area contributed by atoms with Crippen molar-refractivity contribution in [3.05, 3.63) is 41.0 Å². The summed E-state index contributed by atoms with van der Waals surface area (Å²) in [5.41, 5.74) is 3.73. The minimum atomic E-state index is -0.718. The number of aliphatic carboxylic acids is 1. The molecule has 1 aromatic rings. The fourth-order valence-electron chi connectivity index (χ4n) is 1.69. The quantitative estimate of drug-likeness (QED) is 0.838. The highest BCUT2D eigenvalue weighted by Crippen LogP contribution is 2.13. The second-order valence-electron chi connectivity index (χ2n) is 4.58. The fourth-order valence-corrected chi connectivity index (χ4v) is 1.69. The number of allylic oxidation sites excluding steroid dienone is 1. The van der Waals surface area contributed by atoms with Gasteiger partial charge in [0.15, 0.2) is 0 Å². The first-order valence-electron chi connectivity index (χ1n) is 5.97. The van der Waals surface area contributed by atoms with Gasteiger partial charge >= 0.3 is 5.97 Å². The van der Waals surface area contributed by atoms with E-state index in [1.165, 1.54) is 16.7 Å². The van der Waals surface area contributed by atoms with E-state index in [4.69, 9.17) is 5.11 Å². The average molecular weight is 232 g/mol.